The Morgan fingerprint density at radius 2 is 1.98 bits per heavy atom. The molecule has 1 saturated heterocycles. The third kappa shape index (κ3) is 8.79. The minimum Gasteiger partial charge on any atom is -0.395 e. The number of ether oxygens (including phenoxy) is 2. The highest BCUT2D eigenvalue weighted by Crippen LogP contribution is 2.50. The van der Waals surface area contributed by atoms with Crippen molar-refractivity contribution in [3.8, 4) is 0 Å². The van der Waals surface area contributed by atoms with E-state index in [1.807, 2.05) is 4.98 Å². The van der Waals surface area contributed by atoms with Crippen LogP contribution in [0.1, 0.15) is 47.8 Å². The van der Waals surface area contributed by atoms with Crippen molar-refractivity contribution in [2.75, 3.05) is 32.2 Å². The van der Waals surface area contributed by atoms with E-state index < -0.39 is 86.3 Å². The van der Waals surface area contributed by atoms with Crippen molar-refractivity contribution in [2.24, 2.45) is 5.41 Å². The molecule has 242 valence electrons. The first-order valence-electron chi connectivity index (χ1n) is 13.1. The fourth-order valence-corrected chi connectivity index (χ4v) is 6.35. The molecule has 42 heavy (non-hydrogen) atoms. The summed E-state index contributed by atoms with van der Waals surface area (Å²) in [6.45, 7) is 5.71. The molecular weight excluding hydrogens is 604 g/mol. The molecule has 0 saturated carbocycles. The molecule has 1 aliphatic rings. The van der Waals surface area contributed by atoms with E-state index in [4.69, 9.17) is 18.5 Å². The molecule has 0 spiro atoms. The lowest BCUT2D eigenvalue weighted by atomic mass is 9.88. The monoisotopic (exact) mass is 645 g/mol. The fraction of sp³-hybridized carbons (Fsp3) is 0.792. The highest BCUT2D eigenvalue weighted by molar-refractivity contribution is 8.13. The number of carbonyl (C=O) groups is 1. The normalized spacial score (nSPS) is 27.6. The Labute approximate surface area is 246 Å². The van der Waals surface area contributed by atoms with Crippen molar-refractivity contribution in [1.82, 2.24) is 14.6 Å². The zero-order valence-corrected chi connectivity index (χ0v) is 26.0. The van der Waals surface area contributed by atoms with Gasteiger partial charge in [0.05, 0.1) is 37.4 Å². The number of carbonyl (C=O) groups excluding carboxylic acids is 1. The molecule has 0 aromatic carbocycles. The molecule has 1 aliphatic heterocycles. The van der Waals surface area contributed by atoms with E-state index in [-0.39, 0.29) is 17.5 Å². The van der Waals surface area contributed by atoms with E-state index in [1.54, 1.807) is 27.7 Å². The number of aliphatic hydroxyl groups is 4. The van der Waals surface area contributed by atoms with Crippen LogP contribution in [0.25, 0.3) is 0 Å². The topological polar surface area (TPSA) is 219 Å². The molecule has 6 N–H and O–H groups in total. The van der Waals surface area contributed by atoms with E-state index in [1.165, 1.54) is 6.92 Å². The minimum absolute atomic E-state index is 0.0178. The lowest BCUT2D eigenvalue weighted by Crippen LogP contribution is -2.53. The largest absolute Gasteiger partial charge is 0.406 e. The minimum atomic E-state index is -4.48. The van der Waals surface area contributed by atoms with Crippen molar-refractivity contribution in [1.29, 1.82) is 0 Å². The Kier molecular flexibility index (Phi) is 12.7. The second-order valence-electron chi connectivity index (χ2n) is 11.1. The van der Waals surface area contributed by atoms with Gasteiger partial charge in [0.15, 0.2) is 23.2 Å². The van der Waals surface area contributed by atoms with Gasteiger partial charge in [-0.1, -0.05) is 11.8 Å². The lowest BCUT2D eigenvalue weighted by molar-refractivity contribution is -0.142. The van der Waals surface area contributed by atoms with Crippen LogP contribution in [0, 0.1) is 5.41 Å². The van der Waals surface area contributed by atoms with Crippen molar-refractivity contribution in [3.63, 3.8) is 0 Å². The molecule has 18 heteroatoms. The Bertz CT molecular complexity index is 1230. The number of alkyl halides is 1. The lowest BCUT2D eigenvalue weighted by Gasteiger charge is -2.33. The first kappa shape index (κ1) is 36.7. The van der Waals surface area contributed by atoms with Gasteiger partial charge in [-0.15, -0.1) is 0 Å². The van der Waals surface area contributed by atoms with Crippen LogP contribution < -0.4 is 16.3 Å². The standard InChI is InChI=1S/C24H41FN3O12PS/c1-14(2)39-17(31)15(3)27-41(36,37-9-10-42-20(33)22(4,5)12-29)38-13-24(11-25)18(32)23(6,35)19(40-24)28-8-7-16(30)26-21(28)34/h7-8,14-15,17-19,29,31-32,35H,9-13H2,1-6H3,(H,27,36)(H,26,30,34). The van der Waals surface area contributed by atoms with Crippen LogP contribution in [0.15, 0.2) is 21.9 Å². The average molecular weight is 646 g/mol. The maximum absolute atomic E-state index is 14.6. The van der Waals surface area contributed by atoms with E-state index >= 15 is 0 Å². The summed E-state index contributed by atoms with van der Waals surface area (Å²) in [6.07, 6.45) is -4.62. The van der Waals surface area contributed by atoms with Crippen LogP contribution in [-0.4, -0.2) is 103 Å². The quantitative estimate of drug-likeness (QED) is 0.0794. The molecule has 1 aromatic rings. The van der Waals surface area contributed by atoms with Crippen molar-refractivity contribution in [3.05, 3.63) is 33.1 Å². The highest BCUT2D eigenvalue weighted by Gasteiger charge is 2.63. The number of aliphatic hydroxyl groups excluding tert-OH is 3. The summed E-state index contributed by atoms with van der Waals surface area (Å²) in [5.41, 5.74) is -7.43. The third-order valence-corrected chi connectivity index (χ3v) is 9.33. The molecule has 0 aliphatic carbocycles. The number of rotatable bonds is 16. The van der Waals surface area contributed by atoms with Crippen LogP contribution >= 0.6 is 19.5 Å². The average Bonchev–Trinajstić information content (AvgIpc) is 3.10. The number of halogens is 1. The molecule has 15 nitrogen and oxygen atoms in total. The van der Waals surface area contributed by atoms with Crippen molar-refractivity contribution >= 4 is 24.6 Å². The van der Waals surface area contributed by atoms with Crippen molar-refractivity contribution in [2.45, 2.75) is 83.5 Å². The van der Waals surface area contributed by atoms with Crippen LogP contribution in [-0.2, 0) is 27.9 Å². The van der Waals surface area contributed by atoms with Crippen LogP contribution in [0.4, 0.5) is 4.39 Å². The third-order valence-electron chi connectivity index (χ3n) is 6.43. The smallest absolute Gasteiger partial charge is 0.395 e. The number of nitrogens with zero attached hydrogens (tertiary/aromatic N) is 1. The van der Waals surface area contributed by atoms with Crippen LogP contribution in [0.5, 0.6) is 0 Å². The number of H-pyrrole nitrogens is 1. The number of hydrogen-bond donors (Lipinski definition) is 6. The van der Waals surface area contributed by atoms with E-state index in [9.17, 15) is 43.8 Å². The summed E-state index contributed by atoms with van der Waals surface area (Å²) in [7, 11) is -4.48. The Morgan fingerprint density at radius 1 is 1.33 bits per heavy atom. The molecule has 2 heterocycles. The van der Waals surface area contributed by atoms with Gasteiger partial charge in [0.1, 0.15) is 18.4 Å². The molecule has 0 radical (unpaired) electrons. The van der Waals surface area contributed by atoms with Crippen LogP contribution in [0.2, 0.25) is 0 Å². The van der Waals surface area contributed by atoms with E-state index in [2.05, 4.69) is 5.09 Å². The van der Waals surface area contributed by atoms with E-state index in [0.717, 1.165) is 35.5 Å². The van der Waals surface area contributed by atoms with Gasteiger partial charge in [-0.3, -0.25) is 28.2 Å². The summed E-state index contributed by atoms with van der Waals surface area (Å²) in [4.78, 5) is 38.1. The Balaban J connectivity index is 2.28. The molecule has 2 rings (SSSR count). The zero-order valence-electron chi connectivity index (χ0n) is 24.3. The van der Waals surface area contributed by atoms with Gasteiger partial charge in [-0.25, -0.2) is 18.8 Å². The molecule has 0 amide bonds. The van der Waals surface area contributed by atoms with Crippen molar-refractivity contribution < 1.29 is 52.7 Å². The molecule has 7 atom stereocenters. The van der Waals surface area contributed by atoms with Gasteiger partial charge in [-0.2, -0.15) is 0 Å². The zero-order chi connectivity index (χ0) is 32.1. The fourth-order valence-electron chi connectivity index (χ4n) is 3.85. The molecule has 1 aromatic heterocycles. The summed E-state index contributed by atoms with van der Waals surface area (Å²) < 4.78 is 50.9. The number of aromatic nitrogens is 2. The summed E-state index contributed by atoms with van der Waals surface area (Å²) >= 11 is 0.812. The predicted molar refractivity (Wildman–Crippen MR) is 149 cm³/mol. The maximum atomic E-state index is 14.6. The summed E-state index contributed by atoms with van der Waals surface area (Å²) in [5.74, 6) is -0.0178. The number of aromatic amines is 1. The first-order valence-corrected chi connectivity index (χ1v) is 15.6. The molecule has 1 fully saturated rings. The van der Waals surface area contributed by atoms with Gasteiger partial charge in [0, 0.05) is 18.0 Å². The highest BCUT2D eigenvalue weighted by atomic mass is 32.2. The summed E-state index contributed by atoms with van der Waals surface area (Å²) in [6, 6.07) is -0.103. The van der Waals surface area contributed by atoms with Gasteiger partial charge in [-0.05, 0) is 41.5 Å². The number of hydrogen-bond acceptors (Lipinski definition) is 13. The second kappa shape index (κ2) is 14.5. The van der Waals surface area contributed by atoms with Gasteiger partial charge in [0.2, 0.25) is 0 Å². The van der Waals surface area contributed by atoms with Crippen LogP contribution in [0.3, 0.4) is 0 Å². The molecular formula is C24H41FN3O12PS. The van der Waals surface area contributed by atoms with Gasteiger partial charge < -0.3 is 29.9 Å². The van der Waals surface area contributed by atoms with Gasteiger partial charge in [0.25, 0.3) is 5.56 Å². The molecule has 0 bridgehead atoms. The Hall–Kier alpha value is -1.50. The summed E-state index contributed by atoms with van der Waals surface area (Å²) in [5, 5.41) is 43.7. The maximum Gasteiger partial charge on any atom is 0.406 e. The predicted octanol–water partition coefficient (Wildman–Crippen LogP) is 0.0267. The first-order chi connectivity index (χ1) is 19.3. The Morgan fingerprint density at radius 3 is 2.52 bits per heavy atom. The van der Waals surface area contributed by atoms with Gasteiger partial charge >= 0.3 is 13.4 Å². The number of nitrogens with one attached hydrogen (secondary N) is 2. The number of thioether (sulfide) groups is 1. The molecule has 7 unspecified atom stereocenters. The second-order valence-corrected chi connectivity index (χ2v) is 13.9. The van der Waals surface area contributed by atoms with E-state index in [0.29, 0.717) is 0 Å². The SMILES string of the molecule is CC(C)OC(O)C(C)NP(=O)(OCCSC(=O)C(C)(C)CO)OCC1(CF)OC(n2ccc(=O)[nH]c2=O)C(C)(O)C1O.